The normalized spacial score (nSPS) is 10.2. The van der Waals surface area contributed by atoms with Crippen LogP contribution in [-0.2, 0) is 9.53 Å². The molecule has 0 spiro atoms. The lowest BCUT2D eigenvalue weighted by Crippen LogP contribution is -2.04. The van der Waals surface area contributed by atoms with Crippen LogP contribution in [0.1, 0.15) is 5.56 Å². The average Bonchev–Trinajstić information content (AvgIpc) is 2.19. The first-order valence-electron chi connectivity index (χ1n) is 3.94. The Morgan fingerprint density at radius 2 is 2.15 bits per heavy atom. The predicted octanol–water partition coefficient (Wildman–Crippen LogP) is 1.28. The standard InChI is InChI=1S/C10H11NO2/c1-13-10(12)8-11-7-9-5-3-2-4-6-9/h2-7H,8H2,1H3. The number of nitrogens with zero attached hydrogens (tertiary/aromatic N) is 1. The summed E-state index contributed by atoms with van der Waals surface area (Å²) in [6, 6.07) is 9.60. The molecule has 0 saturated heterocycles. The monoisotopic (exact) mass is 177 g/mol. The maximum absolute atomic E-state index is 10.7. The summed E-state index contributed by atoms with van der Waals surface area (Å²) in [5.41, 5.74) is 0.978. The molecule has 0 aliphatic heterocycles. The molecular formula is C10H11NO2. The summed E-state index contributed by atoms with van der Waals surface area (Å²) in [5.74, 6) is -0.327. The van der Waals surface area contributed by atoms with E-state index in [-0.39, 0.29) is 12.5 Å². The largest absolute Gasteiger partial charge is 0.468 e. The molecule has 0 aliphatic carbocycles. The molecule has 0 amide bonds. The van der Waals surface area contributed by atoms with Crippen LogP contribution in [0.2, 0.25) is 0 Å². The first-order valence-corrected chi connectivity index (χ1v) is 3.94. The molecule has 0 fully saturated rings. The highest BCUT2D eigenvalue weighted by atomic mass is 16.5. The van der Waals surface area contributed by atoms with Crippen LogP contribution in [-0.4, -0.2) is 25.8 Å². The number of benzene rings is 1. The highest BCUT2D eigenvalue weighted by Gasteiger charge is 1.94. The molecule has 1 aromatic carbocycles. The van der Waals surface area contributed by atoms with Gasteiger partial charge in [-0.05, 0) is 5.56 Å². The third kappa shape index (κ3) is 3.51. The minimum atomic E-state index is -0.327. The lowest BCUT2D eigenvalue weighted by molar-refractivity contribution is -0.138. The molecule has 3 nitrogen and oxygen atoms in total. The summed E-state index contributed by atoms with van der Waals surface area (Å²) >= 11 is 0. The van der Waals surface area contributed by atoms with Gasteiger partial charge in [-0.25, -0.2) is 0 Å². The van der Waals surface area contributed by atoms with Gasteiger partial charge in [0, 0.05) is 6.21 Å². The highest BCUT2D eigenvalue weighted by Crippen LogP contribution is 1.93. The second-order valence-corrected chi connectivity index (χ2v) is 2.46. The molecule has 0 unspecified atom stereocenters. The van der Waals surface area contributed by atoms with Gasteiger partial charge in [0.15, 0.2) is 0 Å². The Bertz CT molecular complexity index is 293. The highest BCUT2D eigenvalue weighted by molar-refractivity contribution is 5.82. The molecule has 1 rings (SSSR count). The summed E-state index contributed by atoms with van der Waals surface area (Å²) in [6.45, 7) is 0.0748. The summed E-state index contributed by atoms with van der Waals surface area (Å²) in [5, 5.41) is 0. The van der Waals surface area contributed by atoms with Crippen LogP contribution in [0.3, 0.4) is 0 Å². The van der Waals surface area contributed by atoms with Gasteiger partial charge in [-0.1, -0.05) is 30.3 Å². The Kier molecular flexibility index (Phi) is 3.70. The van der Waals surface area contributed by atoms with E-state index in [1.165, 1.54) is 7.11 Å². The molecule has 0 bridgehead atoms. The van der Waals surface area contributed by atoms with Crippen molar-refractivity contribution in [3.63, 3.8) is 0 Å². The Morgan fingerprint density at radius 1 is 1.46 bits per heavy atom. The minimum Gasteiger partial charge on any atom is -0.468 e. The van der Waals surface area contributed by atoms with Crippen LogP contribution in [0.4, 0.5) is 0 Å². The van der Waals surface area contributed by atoms with E-state index in [0.29, 0.717) is 0 Å². The van der Waals surface area contributed by atoms with Gasteiger partial charge in [-0.15, -0.1) is 0 Å². The average molecular weight is 177 g/mol. The number of aliphatic imine (C=N–C) groups is 1. The van der Waals surface area contributed by atoms with Crippen molar-refractivity contribution in [1.82, 2.24) is 0 Å². The molecule has 3 heteroatoms. The van der Waals surface area contributed by atoms with E-state index in [4.69, 9.17) is 0 Å². The van der Waals surface area contributed by atoms with Crippen LogP contribution in [0.25, 0.3) is 0 Å². The Hall–Kier alpha value is -1.64. The number of methoxy groups -OCH3 is 1. The number of carbonyl (C=O) groups excluding carboxylic acids is 1. The first kappa shape index (κ1) is 9.45. The van der Waals surface area contributed by atoms with Gasteiger partial charge in [0.1, 0.15) is 6.54 Å². The van der Waals surface area contributed by atoms with Gasteiger partial charge in [0.25, 0.3) is 0 Å². The number of esters is 1. The molecule has 68 valence electrons. The molecule has 0 saturated carbocycles. The molecule has 0 N–H and O–H groups in total. The van der Waals surface area contributed by atoms with Crippen molar-refractivity contribution in [1.29, 1.82) is 0 Å². The maximum Gasteiger partial charge on any atom is 0.327 e. The van der Waals surface area contributed by atoms with E-state index in [1.54, 1.807) is 6.21 Å². The Labute approximate surface area is 77.1 Å². The zero-order valence-corrected chi connectivity index (χ0v) is 7.43. The zero-order valence-electron chi connectivity index (χ0n) is 7.43. The summed E-state index contributed by atoms with van der Waals surface area (Å²) in [4.78, 5) is 14.6. The van der Waals surface area contributed by atoms with Crippen LogP contribution in [0.15, 0.2) is 35.3 Å². The topological polar surface area (TPSA) is 38.7 Å². The first-order chi connectivity index (χ1) is 6.33. The molecular weight excluding hydrogens is 166 g/mol. The van der Waals surface area contributed by atoms with Crippen molar-refractivity contribution in [2.24, 2.45) is 4.99 Å². The number of ether oxygens (including phenoxy) is 1. The fourth-order valence-electron chi connectivity index (χ4n) is 0.829. The second-order valence-electron chi connectivity index (χ2n) is 2.46. The molecule has 13 heavy (non-hydrogen) atoms. The SMILES string of the molecule is COC(=O)CN=Cc1ccccc1. The Morgan fingerprint density at radius 3 is 2.77 bits per heavy atom. The summed E-state index contributed by atoms with van der Waals surface area (Å²) in [7, 11) is 1.35. The molecule has 0 radical (unpaired) electrons. The number of rotatable bonds is 3. The van der Waals surface area contributed by atoms with Gasteiger partial charge in [0.05, 0.1) is 7.11 Å². The second kappa shape index (κ2) is 5.09. The third-order valence-corrected chi connectivity index (χ3v) is 1.49. The van der Waals surface area contributed by atoms with Crippen LogP contribution in [0.5, 0.6) is 0 Å². The fourth-order valence-corrected chi connectivity index (χ4v) is 0.829. The molecule has 1 aromatic rings. The van der Waals surface area contributed by atoms with Crippen molar-refractivity contribution in [3.05, 3.63) is 35.9 Å². The van der Waals surface area contributed by atoms with Crippen molar-refractivity contribution >= 4 is 12.2 Å². The van der Waals surface area contributed by atoms with E-state index in [1.807, 2.05) is 30.3 Å². The smallest absolute Gasteiger partial charge is 0.327 e. The minimum absolute atomic E-state index is 0.0748. The van der Waals surface area contributed by atoms with Crippen molar-refractivity contribution in [2.45, 2.75) is 0 Å². The van der Waals surface area contributed by atoms with E-state index >= 15 is 0 Å². The lowest BCUT2D eigenvalue weighted by Gasteiger charge is -1.92. The summed E-state index contributed by atoms with van der Waals surface area (Å²) in [6.07, 6.45) is 1.65. The number of carbonyl (C=O) groups is 1. The predicted molar refractivity (Wildman–Crippen MR) is 50.9 cm³/mol. The molecule has 0 atom stereocenters. The van der Waals surface area contributed by atoms with Gasteiger partial charge in [-0.2, -0.15) is 0 Å². The van der Waals surface area contributed by atoms with E-state index < -0.39 is 0 Å². The van der Waals surface area contributed by atoms with Crippen LogP contribution >= 0.6 is 0 Å². The molecule has 0 heterocycles. The van der Waals surface area contributed by atoms with Gasteiger partial charge >= 0.3 is 5.97 Å². The number of hydrogen-bond donors (Lipinski definition) is 0. The Balaban J connectivity index is 2.45. The van der Waals surface area contributed by atoms with Crippen LogP contribution < -0.4 is 0 Å². The van der Waals surface area contributed by atoms with E-state index in [2.05, 4.69) is 9.73 Å². The van der Waals surface area contributed by atoms with Crippen molar-refractivity contribution in [2.75, 3.05) is 13.7 Å². The zero-order chi connectivity index (χ0) is 9.52. The maximum atomic E-state index is 10.7. The molecule has 0 aliphatic rings. The van der Waals surface area contributed by atoms with E-state index in [9.17, 15) is 4.79 Å². The number of hydrogen-bond acceptors (Lipinski definition) is 3. The van der Waals surface area contributed by atoms with Gasteiger partial charge in [0.2, 0.25) is 0 Å². The summed E-state index contributed by atoms with van der Waals surface area (Å²) < 4.78 is 4.44. The van der Waals surface area contributed by atoms with E-state index in [0.717, 1.165) is 5.56 Å². The van der Waals surface area contributed by atoms with Crippen LogP contribution in [0, 0.1) is 0 Å². The van der Waals surface area contributed by atoms with Crippen molar-refractivity contribution < 1.29 is 9.53 Å². The quantitative estimate of drug-likeness (QED) is 0.515. The lowest BCUT2D eigenvalue weighted by atomic mass is 10.2. The van der Waals surface area contributed by atoms with Gasteiger partial charge < -0.3 is 4.74 Å². The van der Waals surface area contributed by atoms with Crippen molar-refractivity contribution in [3.8, 4) is 0 Å². The molecule has 0 aromatic heterocycles. The third-order valence-electron chi connectivity index (χ3n) is 1.49. The fraction of sp³-hybridized carbons (Fsp3) is 0.200. The van der Waals surface area contributed by atoms with Gasteiger partial charge in [-0.3, -0.25) is 9.79 Å².